The summed E-state index contributed by atoms with van der Waals surface area (Å²) in [6.45, 7) is 1.72. The summed E-state index contributed by atoms with van der Waals surface area (Å²) in [5, 5.41) is 10.5. The van der Waals surface area contributed by atoms with Crippen molar-refractivity contribution in [1.82, 2.24) is 9.55 Å². The molecule has 2 N–H and O–H groups in total. The van der Waals surface area contributed by atoms with Gasteiger partial charge in [0.15, 0.2) is 0 Å². The minimum Gasteiger partial charge on any atom is -0.494 e. The topological polar surface area (TPSA) is 75.1 Å². The van der Waals surface area contributed by atoms with Gasteiger partial charge in [0.05, 0.1) is 16.3 Å². The second-order valence-electron chi connectivity index (χ2n) is 3.85. The van der Waals surface area contributed by atoms with Gasteiger partial charge < -0.3 is 5.11 Å². The van der Waals surface area contributed by atoms with Crippen LogP contribution in [0.25, 0.3) is 5.69 Å². The maximum absolute atomic E-state index is 11.8. The summed E-state index contributed by atoms with van der Waals surface area (Å²) in [6.07, 6.45) is 0.316. The van der Waals surface area contributed by atoms with E-state index in [1.807, 2.05) is 0 Å². The maximum Gasteiger partial charge on any atom is 0.335 e. The van der Waals surface area contributed by atoms with Gasteiger partial charge in [-0.15, -0.1) is 0 Å². The number of benzene rings is 1. The van der Waals surface area contributed by atoms with E-state index >= 15 is 0 Å². The fraction of sp³-hybridized carbons (Fsp3) is 0.167. The number of aromatic nitrogens is 2. The number of H-pyrrole nitrogens is 1. The monoisotopic (exact) mass is 344 g/mol. The zero-order valence-electron chi connectivity index (χ0n) is 9.91. The van der Waals surface area contributed by atoms with Gasteiger partial charge in [0.25, 0.3) is 5.56 Å². The van der Waals surface area contributed by atoms with Crippen molar-refractivity contribution in [2.24, 2.45) is 0 Å². The first-order chi connectivity index (χ1) is 8.95. The summed E-state index contributed by atoms with van der Waals surface area (Å²) in [6, 6.07) is 4.75. The van der Waals surface area contributed by atoms with Gasteiger partial charge in [-0.3, -0.25) is 9.78 Å². The summed E-state index contributed by atoms with van der Waals surface area (Å²) >= 11 is 9.12. The Labute approximate surface area is 121 Å². The average molecular weight is 346 g/mol. The van der Waals surface area contributed by atoms with Crippen molar-refractivity contribution in [1.29, 1.82) is 0 Å². The van der Waals surface area contributed by atoms with Crippen LogP contribution in [-0.2, 0) is 6.42 Å². The lowest BCUT2D eigenvalue weighted by molar-refractivity contribution is 0.423. The highest BCUT2D eigenvalue weighted by atomic mass is 79.9. The number of aromatic amines is 1. The zero-order chi connectivity index (χ0) is 14.2. The number of nitrogens with one attached hydrogen (secondary N) is 1. The lowest BCUT2D eigenvalue weighted by Gasteiger charge is -2.11. The first kappa shape index (κ1) is 13.9. The van der Waals surface area contributed by atoms with E-state index in [-0.39, 0.29) is 11.4 Å². The summed E-state index contributed by atoms with van der Waals surface area (Å²) in [5.74, 6) is -0.356. The van der Waals surface area contributed by atoms with Crippen molar-refractivity contribution < 1.29 is 5.11 Å². The molecule has 0 aliphatic carbocycles. The average Bonchev–Trinajstić information content (AvgIpc) is 2.33. The molecule has 7 heteroatoms. The molecule has 0 fully saturated rings. The molecule has 0 aliphatic heterocycles. The molecular formula is C12H10BrClN2O3. The molecule has 100 valence electrons. The van der Waals surface area contributed by atoms with Crippen LogP contribution in [-0.4, -0.2) is 14.7 Å². The van der Waals surface area contributed by atoms with Crippen LogP contribution in [0, 0.1) is 0 Å². The van der Waals surface area contributed by atoms with Crippen molar-refractivity contribution in [3.63, 3.8) is 0 Å². The Bertz CT molecular complexity index is 752. The molecule has 0 spiro atoms. The number of hydrogen-bond donors (Lipinski definition) is 2. The molecule has 1 heterocycles. The predicted molar refractivity (Wildman–Crippen MR) is 76.4 cm³/mol. The van der Waals surface area contributed by atoms with Crippen LogP contribution >= 0.6 is 27.5 Å². The van der Waals surface area contributed by atoms with E-state index < -0.39 is 11.2 Å². The second-order valence-corrected chi connectivity index (χ2v) is 5.11. The third-order valence-electron chi connectivity index (χ3n) is 2.69. The number of rotatable bonds is 2. The molecule has 0 aliphatic rings. The molecule has 2 aromatic rings. The third-order valence-corrected chi connectivity index (χ3v) is 3.91. The van der Waals surface area contributed by atoms with Gasteiger partial charge in [0.2, 0.25) is 5.88 Å². The molecule has 0 bridgehead atoms. The van der Waals surface area contributed by atoms with Crippen LogP contribution in [0.3, 0.4) is 0 Å². The van der Waals surface area contributed by atoms with E-state index in [2.05, 4.69) is 20.9 Å². The third kappa shape index (κ3) is 2.46. The molecule has 19 heavy (non-hydrogen) atoms. The number of halogens is 2. The lowest BCUT2D eigenvalue weighted by Crippen LogP contribution is -2.31. The Morgan fingerprint density at radius 1 is 1.42 bits per heavy atom. The number of hydrogen-bond acceptors (Lipinski definition) is 3. The van der Waals surface area contributed by atoms with Gasteiger partial charge in [-0.1, -0.05) is 18.5 Å². The highest BCUT2D eigenvalue weighted by molar-refractivity contribution is 9.10. The van der Waals surface area contributed by atoms with Crippen LogP contribution < -0.4 is 11.2 Å². The zero-order valence-corrected chi connectivity index (χ0v) is 12.2. The Balaban J connectivity index is 2.78. The van der Waals surface area contributed by atoms with Crippen molar-refractivity contribution in [2.75, 3.05) is 0 Å². The van der Waals surface area contributed by atoms with E-state index in [1.54, 1.807) is 25.1 Å². The van der Waals surface area contributed by atoms with Crippen molar-refractivity contribution in [3.8, 4) is 11.6 Å². The van der Waals surface area contributed by atoms with Gasteiger partial charge in [-0.2, -0.15) is 0 Å². The first-order valence-electron chi connectivity index (χ1n) is 5.48. The molecule has 0 radical (unpaired) electrons. The van der Waals surface area contributed by atoms with E-state index in [1.165, 1.54) is 0 Å². The Kier molecular flexibility index (Phi) is 3.82. The second kappa shape index (κ2) is 5.22. The standard InChI is InChI=1S/C12H10BrClN2O3/c1-2-7-10(17)15-12(19)16(11(7)18)6-3-4-9(14)8(13)5-6/h3-5,18H,2H2,1H3,(H,15,17,19). The van der Waals surface area contributed by atoms with Crippen LogP contribution in [0.1, 0.15) is 12.5 Å². The highest BCUT2D eigenvalue weighted by Gasteiger charge is 2.14. The highest BCUT2D eigenvalue weighted by Crippen LogP contribution is 2.26. The van der Waals surface area contributed by atoms with Gasteiger partial charge in [0, 0.05) is 4.47 Å². The summed E-state index contributed by atoms with van der Waals surface area (Å²) in [4.78, 5) is 25.5. The van der Waals surface area contributed by atoms with Crippen LogP contribution in [0.2, 0.25) is 5.02 Å². The minimum atomic E-state index is -0.700. The Morgan fingerprint density at radius 2 is 2.11 bits per heavy atom. The molecule has 0 saturated heterocycles. The van der Waals surface area contributed by atoms with E-state index in [0.717, 1.165) is 4.57 Å². The van der Waals surface area contributed by atoms with Crippen molar-refractivity contribution >= 4 is 27.5 Å². The molecule has 0 saturated carbocycles. The fourth-order valence-corrected chi connectivity index (χ4v) is 2.23. The molecular weight excluding hydrogens is 336 g/mol. The van der Waals surface area contributed by atoms with E-state index in [4.69, 9.17) is 11.6 Å². The first-order valence-corrected chi connectivity index (χ1v) is 6.65. The molecule has 5 nitrogen and oxygen atoms in total. The summed E-state index contributed by atoms with van der Waals surface area (Å²) in [7, 11) is 0. The maximum atomic E-state index is 11.8. The largest absolute Gasteiger partial charge is 0.494 e. The molecule has 1 aromatic carbocycles. The molecule has 0 amide bonds. The number of nitrogens with zero attached hydrogens (tertiary/aromatic N) is 1. The van der Waals surface area contributed by atoms with Crippen molar-refractivity contribution in [2.45, 2.75) is 13.3 Å². The van der Waals surface area contributed by atoms with Crippen LogP contribution in [0.4, 0.5) is 0 Å². The van der Waals surface area contributed by atoms with Crippen LogP contribution in [0.5, 0.6) is 5.88 Å². The predicted octanol–water partition coefficient (Wildman–Crippen LogP) is 2.21. The summed E-state index contributed by atoms with van der Waals surface area (Å²) < 4.78 is 1.61. The number of aromatic hydroxyl groups is 1. The smallest absolute Gasteiger partial charge is 0.335 e. The quantitative estimate of drug-likeness (QED) is 0.876. The van der Waals surface area contributed by atoms with Gasteiger partial charge >= 0.3 is 5.69 Å². The normalized spacial score (nSPS) is 10.7. The van der Waals surface area contributed by atoms with Gasteiger partial charge in [-0.25, -0.2) is 9.36 Å². The van der Waals surface area contributed by atoms with Crippen molar-refractivity contribution in [3.05, 3.63) is 54.1 Å². The molecule has 2 rings (SSSR count). The molecule has 0 unspecified atom stereocenters. The van der Waals surface area contributed by atoms with E-state index in [9.17, 15) is 14.7 Å². The Morgan fingerprint density at radius 3 is 2.68 bits per heavy atom. The fourth-order valence-electron chi connectivity index (χ4n) is 1.74. The van der Waals surface area contributed by atoms with Crippen LogP contribution in [0.15, 0.2) is 32.3 Å². The SMILES string of the molecule is CCc1c(O)n(-c2ccc(Cl)c(Br)c2)c(=O)[nH]c1=O. The van der Waals surface area contributed by atoms with Gasteiger partial charge in [-0.05, 0) is 40.5 Å². The lowest BCUT2D eigenvalue weighted by atomic mass is 10.2. The summed E-state index contributed by atoms with van der Waals surface area (Å²) in [5.41, 5.74) is -0.710. The Hall–Kier alpha value is -1.53. The molecule has 1 aromatic heterocycles. The van der Waals surface area contributed by atoms with Gasteiger partial charge in [0.1, 0.15) is 0 Å². The minimum absolute atomic E-state index is 0.158. The van der Waals surface area contributed by atoms with E-state index in [0.29, 0.717) is 21.6 Å². The molecule has 0 atom stereocenters.